The molecule has 0 N–H and O–H groups in total. The van der Waals surface area contributed by atoms with Crippen molar-refractivity contribution in [1.29, 1.82) is 0 Å². The molecule has 0 radical (unpaired) electrons. The molecule has 80 valence electrons. The van der Waals surface area contributed by atoms with E-state index < -0.39 is 5.97 Å². The van der Waals surface area contributed by atoms with Gasteiger partial charge in [-0.3, -0.25) is 0 Å². The number of carbonyl (C=O) groups excluding carboxylic acids is 1. The topological polar surface area (TPSA) is 39.2 Å². The van der Waals surface area contributed by atoms with E-state index >= 15 is 0 Å². The van der Waals surface area contributed by atoms with Crippen LogP contribution in [0.25, 0.3) is 6.08 Å². The number of aryl methyl sites for hydroxylation is 1. The average Bonchev–Trinajstić information content (AvgIpc) is 2.25. The molecule has 1 aromatic heterocycles. The number of aromatic nitrogens is 1. The molecule has 0 aliphatic carbocycles. The van der Waals surface area contributed by atoms with Crippen molar-refractivity contribution in [3.63, 3.8) is 0 Å². The number of rotatable bonds is 3. The molecular formula is C11H12ClNO2. The van der Waals surface area contributed by atoms with E-state index in [2.05, 4.69) is 9.72 Å². The zero-order valence-corrected chi connectivity index (χ0v) is 9.41. The van der Waals surface area contributed by atoms with Gasteiger partial charge in [-0.2, -0.15) is 0 Å². The monoisotopic (exact) mass is 225 g/mol. The van der Waals surface area contributed by atoms with Crippen LogP contribution in [0, 0.1) is 6.92 Å². The van der Waals surface area contributed by atoms with Crippen LogP contribution < -0.4 is 0 Å². The van der Waals surface area contributed by atoms with Gasteiger partial charge in [-0.25, -0.2) is 9.78 Å². The maximum Gasteiger partial charge on any atom is 0.356 e. The minimum absolute atomic E-state index is 0.348. The first-order chi connectivity index (χ1) is 7.19. The van der Waals surface area contributed by atoms with Crippen LogP contribution in [0.4, 0.5) is 0 Å². The van der Waals surface area contributed by atoms with Crippen LogP contribution in [0.2, 0.25) is 0 Å². The van der Waals surface area contributed by atoms with E-state index in [-0.39, 0.29) is 0 Å². The summed E-state index contributed by atoms with van der Waals surface area (Å²) >= 11 is 5.51. The molecule has 0 spiro atoms. The third-order valence-electron chi connectivity index (χ3n) is 1.88. The Hall–Kier alpha value is -1.35. The quantitative estimate of drug-likeness (QED) is 0.586. The van der Waals surface area contributed by atoms with E-state index in [1.165, 1.54) is 7.11 Å². The lowest BCUT2D eigenvalue weighted by Crippen LogP contribution is -2.06. The Labute approximate surface area is 93.7 Å². The van der Waals surface area contributed by atoms with Gasteiger partial charge in [0.25, 0.3) is 0 Å². The molecule has 0 aromatic carbocycles. The predicted octanol–water partition coefficient (Wildman–Crippen LogP) is 2.43. The Morgan fingerprint density at radius 3 is 2.93 bits per heavy atom. The van der Waals surface area contributed by atoms with Crippen molar-refractivity contribution in [3.8, 4) is 0 Å². The van der Waals surface area contributed by atoms with Gasteiger partial charge in [0, 0.05) is 12.1 Å². The van der Waals surface area contributed by atoms with Crippen LogP contribution in [0.3, 0.4) is 0 Å². The number of hydrogen-bond acceptors (Lipinski definition) is 3. The maximum absolute atomic E-state index is 11.2. The molecule has 1 rings (SSSR count). The highest BCUT2D eigenvalue weighted by Crippen LogP contribution is 2.10. The minimum atomic E-state index is -0.416. The second kappa shape index (κ2) is 5.51. The third-order valence-corrected chi connectivity index (χ3v) is 2.06. The van der Waals surface area contributed by atoms with Crippen molar-refractivity contribution < 1.29 is 9.53 Å². The van der Waals surface area contributed by atoms with Crippen molar-refractivity contribution in [2.75, 3.05) is 13.0 Å². The van der Waals surface area contributed by atoms with E-state index in [1.807, 2.05) is 25.1 Å². The van der Waals surface area contributed by atoms with Gasteiger partial charge >= 0.3 is 5.97 Å². The SMILES string of the molecule is COC(=O)c1ncc(C=CCCl)cc1C. The Kier molecular flexibility index (Phi) is 4.31. The van der Waals surface area contributed by atoms with Gasteiger partial charge in [-0.1, -0.05) is 12.2 Å². The first kappa shape index (κ1) is 11.7. The summed E-state index contributed by atoms with van der Waals surface area (Å²) < 4.78 is 4.60. The van der Waals surface area contributed by atoms with E-state index in [9.17, 15) is 4.79 Å². The fourth-order valence-electron chi connectivity index (χ4n) is 1.18. The number of esters is 1. The molecule has 1 aromatic rings. The molecule has 0 aliphatic heterocycles. The highest BCUT2D eigenvalue weighted by molar-refractivity contribution is 6.19. The van der Waals surface area contributed by atoms with Crippen molar-refractivity contribution in [3.05, 3.63) is 35.2 Å². The summed E-state index contributed by atoms with van der Waals surface area (Å²) in [5.74, 6) is 0.0398. The van der Waals surface area contributed by atoms with Crippen molar-refractivity contribution in [1.82, 2.24) is 4.98 Å². The number of nitrogens with zero attached hydrogens (tertiary/aromatic N) is 1. The summed E-state index contributed by atoms with van der Waals surface area (Å²) in [5.41, 5.74) is 2.06. The largest absolute Gasteiger partial charge is 0.464 e. The van der Waals surface area contributed by atoms with Crippen LogP contribution >= 0.6 is 11.6 Å². The summed E-state index contributed by atoms with van der Waals surface area (Å²) in [6.07, 6.45) is 5.28. The van der Waals surface area contributed by atoms with Crippen LogP contribution in [-0.2, 0) is 4.74 Å². The number of pyridine rings is 1. The van der Waals surface area contributed by atoms with E-state index in [0.29, 0.717) is 11.6 Å². The minimum Gasteiger partial charge on any atom is -0.464 e. The van der Waals surface area contributed by atoms with Crippen molar-refractivity contribution in [2.24, 2.45) is 0 Å². The predicted molar refractivity (Wildman–Crippen MR) is 60.1 cm³/mol. The number of halogens is 1. The molecule has 4 heteroatoms. The van der Waals surface area contributed by atoms with Gasteiger partial charge in [0.1, 0.15) is 0 Å². The van der Waals surface area contributed by atoms with Gasteiger partial charge in [0.2, 0.25) is 0 Å². The Morgan fingerprint density at radius 1 is 1.67 bits per heavy atom. The van der Waals surface area contributed by atoms with Gasteiger partial charge in [0.15, 0.2) is 5.69 Å². The number of hydrogen-bond donors (Lipinski definition) is 0. The summed E-state index contributed by atoms with van der Waals surface area (Å²) in [6, 6.07) is 1.86. The van der Waals surface area contributed by atoms with Crippen LogP contribution in [-0.4, -0.2) is 23.9 Å². The maximum atomic E-state index is 11.2. The molecule has 0 saturated heterocycles. The molecule has 1 heterocycles. The zero-order valence-electron chi connectivity index (χ0n) is 8.66. The molecule has 3 nitrogen and oxygen atoms in total. The lowest BCUT2D eigenvalue weighted by Gasteiger charge is -2.03. The van der Waals surface area contributed by atoms with E-state index in [1.54, 1.807) is 6.20 Å². The molecule has 0 unspecified atom stereocenters. The number of alkyl halides is 1. The van der Waals surface area contributed by atoms with Crippen LogP contribution in [0.1, 0.15) is 21.6 Å². The summed E-state index contributed by atoms with van der Waals surface area (Å²) in [4.78, 5) is 15.3. The van der Waals surface area contributed by atoms with Gasteiger partial charge in [-0.05, 0) is 24.1 Å². The van der Waals surface area contributed by atoms with Gasteiger partial charge in [-0.15, -0.1) is 11.6 Å². The van der Waals surface area contributed by atoms with Crippen molar-refractivity contribution in [2.45, 2.75) is 6.92 Å². The Balaban J connectivity index is 2.98. The molecule has 0 saturated carbocycles. The molecule has 0 aliphatic rings. The standard InChI is InChI=1S/C11H12ClNO2/c1-8-6-9(4-3-5-12)7-13-10(8)11(14)15-2/h3-4,6-7H,5H2,1-2H3. The number of ether oxygens (including phenoxy) is 1. The smallest absolute Gasteiger partial charge is 0.356 e. The second-order valence-electron chi connectivity index (χ2n) is 2.98. The molecular weight excluding hydrogens is 214 g/mol. The van der Waals surface area contributed by atoms with Crippen LogP contribution in [0.5, 0.6) is 0 Å². The Morgan fingerprint density at radius 2 is 2.40 bits per heavy atom. The number of allylic oxidation sites excluding steroid dienone is 1. The fourth-order valence-corrected chi connectivity index (χ4v) is 1.27. The van der Waals surface area contributed by atoms with Gasteiger partial charge < -0.3 is 4.74 Å². The average molecular weight is 226 g/mol. The number of methoxy groups -OCH3 is 1. The van der Waals surface area contributed by atoms with Gasteiger partial charge in [0.05, 0.1) is 7.11 Å². The molecule has 0 atom stereocenters. The summed E-state index contributed by atoms with van der Waals surface area (Å²) in [5, 5.41) is 0. The van der Waals surface area contributed by atoms with Crippen molar-refractivity contribution >= 4 is 23.6 Å². The lowest BCUT2D eigenvalue weighted by molar-refractivity contribution is 0.0593. The highest BCUT2D eigenvalue weighted by atomic mass is 35.5. The zero-order chi connectivity index (χ0) is 11.3. The second-order valence-corrected chi connectivity index (χ2v) is 3.29. The summed E-state index contributed by atoms with van der Waals surface area (Å²) in [6.45, 7) is 1.82. The fraction of sp³-hybridized carbons (Fsp3) is 0.273. The lowest BCUT2D eigenvalue weighted by atomic mass is 10.1. The molecule has 15 heavy (non-hydrogen) atoms. The molecule has 0 bridgehead atoms. The Bertz CT molecular complexity index is 388. The van der Waals surface area contributed by atoms with E-state index in [4.69, 9.17) is 11.6 Å². The molecule has 0 fully saturated rings. The third kappa shape index (κ3) is 3.06. The normalized spacial score (nSPS) is 10.6. The number of carbonyl (C=O) groups is 1. The molecule has 0 amide bonds. The van der Waals surface area contributed by atoms with E-state index in [0.717, 1.165) is 11.1 Å². The summed E-state index contributed by atoms with van der Waals surface area (Å²) in [7, 11) is 1.34. The first-order valence-corrected chi connectivity index (χ1v) is 5.00. The highest BCUT2D eigenvalue weighted by Gasteiger charge is 2.10. The first-order valence-electron chi connectivity index (χ1n) is 4.46. The van der Waals surface area contributed by atoms with Crippen LogP contribution in [0.15, 0.2) is 18.3 Å².